The Morgan fingerprint density at radius 3 is 2.14 bits per heavy atom. The standard InChI is InChI=1S/C20H33N/c1-14-8-9-18(15(2)10-14)16(3)21-17-11-19(4,5)13-20(6,7)12-17/h8-10,16-17,21H,11-13H2,1-7H3. The van der Waals surface area contributed by atoms with E-state index in [1.54, 1.807) is 0 Å². The Kier molecular flexibility index (Phi) is 4.54. The molecule has 1 heteroatoms. The minimum atomic E-state index is 0.431. The van der Waals surface area contributed by atoms with E-state index < -0.39 is 0 Å². The van der Waals surface area contributed by atoms with Gasteiger partial charge in [0.05, 0.1) is 0 Å². The molecule has 21 heavy (non-hydrogen) atoms. The van der Waals surface area contributed by atoms with Crippen LogP contribution in [-0.2, 0) is 0 Å². The van der Waals surface area contributed by atoms with Crippen LogP contribution in [0, 0.1) is 24.7 Å². The summed E-state index contributed by atoms with van der Waals surface area (Å²) in [5.74, 6) is 0. The highest BCUT2D eigenvalue weighted by atomic mass is 15.0. The zero-order valence-corrected chi connectivity index (χ0v) is 15.0. The Morgan fingerprint density at radius 2 is 1.62 bits per heavy atom. The lowest BCUT2D eigenvalue weighted by atomic mass is 9.63. The molecule has 0 aliphatic heterocycles. The van der Waals surface area contributed by atoms with Crippen LogP contribution < -0.4 is 5.32 Å². The summed E-state index contributed by atoms with van der Waals surface area (Å²) in [7, 11) is 0. The van der Waals surface area contributed by atoms with Crippen molar-refractivity contribution in [3.8, 4) is 0 Å². The summed E-state index contributed by atoms with van der Waals surface area (Å²) in [5, 5.41) is 3.91. The molecule has 0 heterocycles. The normalized spacial score (nSPS) is 23.0. The third-order valence-corrected chi connectivity index (χ3v) is 4.93. The van der Waals surface area contributed by atoms with Crippen LogP contribution in [0.3, 0.4) is 0 Å². The molecule has 0 radical (unpaired) electrons. The molecule has 118 valence electrons. The van der Waals surface area contributed by atoms with E-state index in [1.165, 1.54) is 36.0 Å². The van der Waals surface area contributed by atoms with Crippen LogP contribution in [-0.4, -0.2) is 6.04 Å². The second-order valence-corrected chi connectivity index (χ2v) is 8.86. The summed E-state index contributed by atoms with van der Waals surface area (Å²) in [4.78, 5) is 0. The summed E-state index contributed by atoms with van der Waals surface area (Å²) < 4.78 is 0. The number of rotatable bonds is 3. The summed E-state index contributed by atoms with van der Waals surface area (Å²) in [5.41, 5.74) is 5.10. The molecule has 0 bridgehead atoms. The average Bonchev–Trinajstić information content (AvgIpc) is 2.23. The second kappa shape index (κ2) is 5.76. The Balaban J connectivity index is 2.10. The van der Waals surface area contributed by atoms with Crippen molar-refractivity contribution in [2.75, 3.05) is 0 Å². The highest BCUT2D eigenvalue weighted by molar-refractivity contribution is 5.32. The molecule has 1 aromatic rings. The van der Waals surface area contributed by atoms with Gasteiger partial charge in [-0.25, -0.2) is 0 Å². The van der Waals surface area contributed by atoms with E-state index in [2.05, 4.69) is 72.0 Å². The van der Waals surface area contributed by atoms with Crippen molar-refractivity contribution in [2.45, 2.75) is 79.8 Å². The maximum Gasteiger partial charge on any atom is 0.0296 e. The van der Waals surface area contributed by atoms with Gasteiger partial charge in [0.2, 0.25) is 0 Å². The van der Waals surface area contributed by atoms with Crippen molar-refractivity contribution in [2.24, 2.45) is 10.8 Å². The van der Waals surface area contributed by atoms with Crippen LogP contribution in [0.15, 0.2) is 18.2 Å². The van der Waals surface area contributed by atoms with E-state index in [0.717, 1.165) is 0 Å². The summed E-state index contributed by atoms with van der Waals surface area (Å²) >= 11 is 0. The summed E-state index contributed by atoms with van der Waals surface area (Å²) in [6.45, 7) is 16.4. The van der Waals surface area contributed by atoms with E-state index in [4.69, 9.17) is 0 Å². The van der Waals surface area contributed by atoms with Gasteiger partial charge in [0, 0.05) is 12.1 Å². The lowest BCUT2D eigenvalue weighted by molar-refractivity contribution is 0.0811. The van der Waals surface area contributed by atoms with Crippen LogP contribution in [0.4, 0.5) is 0 Å². The lowest BCUT2D eigenvalue weighted by Gasteiger charge is -2.46. The van der Waals surface area contributed by atoms with Crippen LogP contribution in [0.1, 0.15) is 76.6 Å². The predicted molar refractivity (Wildman–Crippen MR) is 92.7 cm³/mol. The van der Waals surface area contributed by atoms with Gasteiger partial charge in [0.1, 0.15) is 0 Å². The molecule has 1 saturated carbocycles. The zero-order chi connectivity index (χ0) is 15.8. The number of hydrogen-bond acceptors (Lipinski definition) is 1. The fourth-order valence-corrected chi connectivity index (χ4v) is 4.72. The Labute approximate surface area is 131 Å². The predicted octanol–water partition coefficient (Wildman–Crippen LogP) is 5.56. The smallest absolute Gasteiger partial charge is 0.0296 e. The van der Waals surface area contributed by atoms with Crippen LogP contribution in [0.2, 0.25) is 0 Å². The van der Waals surface area contributed by atoms with Gasteiger partial charge in [0.15, 0.2) is 0 Å². The fourth-order valence-electron chi connectivity index (χ4n) is 4.72. The average molecular weight is 287 g/mol. The molecule has 1 aliphatic carbocycles. The van der Waals surface area contributed by atoms with E-state index in [9.17, 15) is 0 Å². The molecular weight excluding hydrogens is 254 g/mol. The van der Waals surface area contributed by atoms with Gasteiger partial charge in [-0.05, 0) is 62.0 Å². The van der Waals surface area contributed by atoms with Gasteiger partial charge in [-0.15, -0.1) is 0 Å². The SMILES string of the molecule is Cc1ccc(C(C)NC2CC(C)(C)CC(C)(C)C2)c(C)c1. The molecule has 0 amide bonds. The minimum absolute atomic E-state index is 0.431. The Bertz CT molecular complexity index is 483. The second-order valence-electron chi connectivity index (χ2n) is 8.86. The molecule has 0 spiro atoms. The molecule has 1 N–H and O–H groups in total. The van der Waals surface area contributed by atoms with E-state index in [-0.39, 0.29) is 0 Å². The zero-order valence-electron chi connectivity index (χ0n) is 15.0. The van der Waals surface area contributed by atoms with E-state index in [1.807, 2.05) is 0 Å². The molecule has 0 saturated heterocycles. The van der Waals surface area contributed by atoms with Gasteiger partial charge in [-0.2, -0.15) is 0 Å². The Hall–Kier alpha value is -0.820. The van der Waals surface area contributed by atoms with Crippen LogP contribution >= 0.6 is 0 Å². The van der Waals surface area contributed by atoms with Gasteiger partial charge in [0.25, 0.3) is 0 Å². The first-order valence-corrected chi connectivity index (χ1v) is 8.41. The molecule has 0 aromatic heterocycles. The van der Waals surface area contributed by atoms with Crippen molar-refractivity contribution in [1.82, 2.24) is 5.32 Å². The summed E-state index contributed by atoms with van der Waals surface area (Å²) in [6, 6.07) is 7.87. The maximum atomic E-state index is 3.91. The topological polar surface area (TPSA) is 12.0 Å². The van der Waals surface area contributed by atoms with Gasteiger partial charge in [-0.3, -0.25) is 0 Å². The first-order valence-electron chi connectivity index (χ1n) is 8.41. The van der Waals surface area contributed by atoms with Crippen molar-refractivity contribution >= 4 is 0 Å². The number of aryl methyl sites for hydroxylation is 2. The molecule has 1 aromatic carbocycles. The van der Waals surface area contributed by atoms with Crippen molar-refractivity contribution < 1.29 is 0 Å². The number of nitrogens with one attached hydrogen (secondary N) is 1. The van der Waals surface area contributed by atoms with Crippen molar-refractivity contribution in [3.05, 3.63) is 34.9 Å². The highest BCUT2D eigenvalue weighted by Crippen LogP contribution is 2.46. The van der Waals surface area contributed by atoms with Gasteiger partial charge < -0.3 is 5.32 Å². The first-order chi connectivity index (χ1) is 9.58. The van der Waals surface area contributed by atoms with Gasteiger partial charge >= 0.3 is 0 Å². The monoisotopic (exact) mass is 287 g/mol. The molecule has 1 fully saturated rings. The highest BCUT2D eigenvalue weighted by Gasteiger charge is 2.38. The fraction of sp³-hybridized carbons (Fsp3) is 0.700. The Morgan fingerprint density at radius 1 is 1.05 bits per heavy atom. The first kappa shape index (κ1) is 16.5. The largest absolute Gasteiger partial charge is 0.307 e. The number of hydrogen-bond donors (Lipinski definition) is 1. The molecule has 1 atom stereocenters. The molecule has 2 rings (SSSR count). The molecule has 1 unspecified atom stereocenters. The number of benzene rings is 1. The van der Waals surface area contributed by atoms with Crippen molar-refractivity contribution in [1.29, 1.82) is 0 Å². The third kappa shape index (κ3) is 4.32. The quantitative estimate of drug-likeness (QED) is 0.767. The minimum Gasteiger partial charge on any atom is -0.307 e. The summed E-state index contributed by atoms with van der Waals surface area (Å²) in [6.07, 6.45) is 3.90. The van der Waals surface area contributed by atoms with Crippen LogP contribution in [0.5, 0.6) is 0 Å². The molecule has 1 aliphatic rings. The third-order valence-electron chi connectivity index (χ3n) is 4.93. The molecular formula is C20H33N. The lowest BCUT2D eigenvalue weighted by Crippen LogP contribution is -2.44. The molecule has 1 nitrogen and oxygen atoms in total. The van der Waals surface area contributed by atoms with Crippen molar-refractivity contribution in [3.63, 3.8) is 0 Å². The van der Waals surface area contributed by atoms with Gasteiger partial charge in [-0.1, -0.05) is 51.5 Å². The maximum absolute atomic E-state index is 3.91. The van der Waals surface area contributed by atoms with E-state index in [0.29, 0.717) is 22.9 Å². The van der Waals surface area contributed by atoms with E-state index >= 15 is 0 Å². The van der Waals surface area contributed by atoms with Crippen LogP contribution in [0.25, 0.3) is 0 Å².